The molecule has 0 aromatic heterocycles. The summed E-state index contributed by atoms with van der Waals surface area (Å²) in [6.45, 7) is 2.24. The maximum atomic E-state index is 13.4. The number of alkyl halides is 1. The third kappa shape index (κ3) is 5.30. The molecule has 0 bridgehead atoms. The molecule has 132 valence electrons. The lowest BCUT2D eigenvalue weighted by Gasteiger charge is -2.23. The molecule has 1 aromatic rings. The Morgan fingerprint density at radius 2 is 2.00 bits per heavy atom. The second-order valence-corrected chi connectivity index (χ2v) is 6.21. The molecule has 0 saturated carbocycles. The molecule has 0 radical (unpaired) electrons. The van der Waals surface area contributed by atoms with Gasteiger partial charge in [0.05, 0.1) is 19.6 Å². The number of Topliss-reactive ketones (excluding diaryl/α,β-unsaturated/α-hetero) is 1. The van der Waals surface area contributed by atoms with E-state index < -0.39 is 6.17 Å². The van der Waals surface area contributed by atoms with Crippen molar-refractivity contribution in [3.05, 3.63) is 29.8 Å². The third-order valence-corrected chi connectivity index (χ3v) is 4.23. The van der Waals surface area contributed by atoms with Crippen LogP contribution in [-0.2, 0) is 16.0 Å². The lowest BCUT2D eigenvalue weighted by atomic mass is 10.1. The van der Waals surface area contributed by atoms with Gasteiger partial charge < -0.3 is 20.2 Å². The Morgan fingerprint density at radius 3 is 2.62 bits per heavy atom. The number of benzene rings is 1. The van der Waals surface area contributed by atoms with Crippen molar-refractivity contribution in [1.82, 2.24) is 4.90 Å². The fraction of sp³-hybridized carbons (Fsp3) is 0.556. The molecule has 1 aromatic carbocycles. The van der Waals surface area contributed by atoms with Crippen LogP contribution in [0.25, 0.3) is 0 Å². The highest BCUT2D eigenvalue weighted by Gasteiger charge is 2.33. The molecule has 1 aliphatic rings. The number of ketones is 1. The van der Waals surface area contributed by atoms with E-state index in [-0.39, 0.29) is 43.8 Å². The normalized spacial score (nSPS) is 20.2. The van der Waals surface area contributed by atoms with Crippen LogP contribution < -0.4 is 10.5 Å². The minimum absolute atomic E-state index is 0.122. The molecular weight excluding hydrogens is 311 g/mol. The molecule has 0 spiro atoms. The SMILES string of the molecule is CC(=O)CCc1ccc(OCCC(=O)N2C[C@@H](F)C[C@H]2CN)cc1. The van der Waals surface area contributed by atoms with Gasteiger partial charge in [0, 0.05) is 25.4 Å². The van der Waals surface area contributed by atoms with Gasteiger partial charge in [-0.2, -0.15) is 0 Å². The van der Waals surface area contributed by atoms with E-state index in [1.54, 1.807) is 6.92 Å². The molecule has 6 heteroatoms. The maximum Gasteiger partial charge on any atom is 0.226 e. The summed E-state index contributed by atoms with van der Waals surface area (Å²) in [6.07, 6.45) is 0.794. The Labute approximate surface area is 142 Å². The number of carbonyl (C=O) groups excluding carboxylic acids is 2. The van der Waals surface area contributed by atoms with Crippen LogP contribution in [-0.4, -0.2) is 48.5 Å². The first-order valence-electron chi connectivity index (χ1n) is 8.34. The van der Waals surface area contributed by atoms with Gasteiger partial charge in [0.15, 0.2) is 0 Å². The van der Waals surface area contributed by atoms with Crippen molar-refractivity contribution < 1.29 is 18.7 Å². The minimum Gasteiger partial charge on any atom is -0.493 e. The van der Waals surface area contributed by atoms with E-state index in [1.165, 1.54) is 4.90 Å². The summed E-state index contributed by atoms with van der Waals surface area (Å²) < 4.78 is 19.0. The molecule has 1 aliphatic heterocycles. The number of rotatable bonds is 8. The molecule has 5 nitrogen and oxygen atoms in total. The summed E-state index contributed by atoms with van der Waals surface area (Å²) in [5.74, 6) is 0.722. The highest BCUT2D eigenvalue weighted by Crippen LogP contribution is 2.20. The Morgan fingerprint density at radius 1 is 1.29 bits per heavy atom. The largest absolute Gasteiger partial charge is 0.493 e. The molecule has 1 fully saturated rings. The highest BCUT2D eigenvalue weighted by atomic mass is 19.1. The van der Waals surface area contributed by atoms with E-state index in [2.05, 4.69) is 0 Å². The number of halogens is 1. The standard InChI is InChI=1S/C18H25FN2O3/c1-13(22)2-3-14-4-6-17(7-5-14)24-9-8-18(23)21-12-15(19)10-16(21)11-20/h4-7,15-16H,2-3,8-12,20H2,1H3/t15-,16-/m0/s1. The molecule has 0 unspecified atom stereocenters. The van der Waals surface area contributed by atoms with Gasteiger partial charge in [-0.05, 0) is 31.0 Å². The fourth-order valence-electron chi connectivity index (χ4n) is 2.86. The highest BCUT2D eigenvalue weighted by molar-refractivity contribution is 5.77. The van der Waals surface area contributed by atoms with Gasteiger partial charge in [0.1, 0.15) is 17.7 Å². The van der Waals surface area contributed by atoms with Gasteiger partial charge in [0.2, 0.25) is 5.91 Å². The molecule has 2 rings (SSSR count). The van der Waals surface area contributed by atoms with Gasteiger partial charge in [-0.25, -0.2) is 4.39 Å². The van der Waals surface area contributed by atoms with Crippen LogP contribution in [0, 0.1) is 0 Å². The van der Waals surface area contributed by atoms with E-state index in [0.29, 0.717) is 25.0 Å². The zero-order valence-corrected chi connectivity index (χ0v) is 14.0. The third-order valence-electron chi connectivity index (χ3n) is 4.23. The molecule has 24 heavy (non-hydrogen) atoms. The maximum absolute atomic E-state index is 13.4. The topological polar surface area (TPSA) is 72.6 Å². The lowest BCUT2D eigenvalue weighted by Crippen LogP contribution is -2.40. The zero-order chi connectivity index (χ0) is 17.5. The summed E-state index contributed by atoms with van der Waals surface area (Å²) in [7, 11) is 0. The van der Waals surface area contributed by atoms with E-state index in [9.17, 15) is 14.0 Å². The molecule has 0 aliphatic carbocycles. The number of carbonyl (C=O) groups is 2. The van der Waals surface area contributed by atoms with Crippen LogP contribution >= 0.6 is 0 Å². The van der Waals surface area contributed by atoms with Gasteiger partial charge in [-0.3, -0.25) is 4.79 Å². The fourth-order valence-corrected chi connectivity index (χ4v) is 2.86. The first-order chi connectivity index (χ1) is 11.5. The molecule has 2 N–H and O–H groups in total. The summed E-state index contributed by atoms with van der Waals surface area (Å²) in [5, 5.41) is 0. The minimum atomic E-state index is -0.981. The summed E-state index contributed by atoms with van der Waals surface area (Å²) in [6, 6.07) is 7.29. The van der Waals surface area contributed by atoms with Crippen molar-refractivity contribution in [3.8, 4) is 5.75 Å². The molecule has 1 amide bonds. The average Bonchev–Trinajstić information content (AvgIpc) is 2.95. The average molecular weight is 336 g/mol. The number of likely N-dealkylation sites (tertiary alicyclic amines) is 1. The van der Waals surface area contributed by atoms with E-state index >= 15 is 0 Å². The van der Waals surface area contributed by atoms with Crippen molar-refractivity contribution in [1.29, 1.82) is 0 Å². The second kappa shape index (κ2) is 8.78. The number of hydrogen-bond acceptors (Lipinski definition) is 4. The van der Waals surface area contributed by atoms with Crippen LogP contribution in [0.4, 0.5) is 4.39 Å². The van der Waals surface area contributed by atoms with Crippen molar-refractivity contribution in [2.45, 2.75) is 44.8 Å². The number of aryl methyl sites for hydroxylation is 1. The molecule has 1 saturated heterocycles. The van der Waals surface area contributed by atoms with Crippen molar-refractivity contribution >= 4 is 11.7 Å². The van der Waals surface area contributed by atoms with E-state index in [4.69, 9.17) is 10.5 Å². The Bertz CT molecular complexity index is 562. The molecule has 2 atom stereocenters. The Hall–Kier alpha value is -1.95. The summed E-state index contributed by atoms with van der Waals surface area (Å²) in [5.41, 5.74) is 6.66. The van der Waals surface area contributed by atoms with E-state index in [1.807, 2.05) is 24.3 Å². The van der Waals surface area contributed by atoms with Crippen molar-refractivity contribution in [2.75, 3.05) is 19.7 Å². The second-order valence-electron chi connectivity index (χ2n) is 6.21. The van der Waals surface area contributed by atoms with Gasteiger partial charge >= 0.3 is 0 Å². The number of hydrogen-bond donors (Lipinski definition) is 1. The van der Waals surface area contributed by atoms with Crippen LogP contribution in [0.5, 0.6) is 5.75 Å². The number of amides is 1. The quantitative estimate of drug-likeness (QED) is 0.787. The first-order valence-corrected chi connectivity index (χ1v) is 8.34. The summed E-state index contributed by atoms with van der Waals surface area (Å²) >= 11 is 0. The van der Waals surface area contributed by atoms with Gasteiger partial charge in [0.25, 0.3) is 0 Å². The van der Waals surface area contributed by atoms with Crippen LogP contribution in [0.2, 0.25) is 0 Å². The Kier molecular flexibility index (Phi) is 6.73. The van der Waals surface area contributed by atoms with Gasteiger partial charge in [-0.15, -0.1) is 0 Å². The van der Waals surface area contributed by atoms with Crippen molar-refractivity contribution in [2.24, 2.45) is 5.73 Å². The smallest absolute Gasteiger partial charge is 0.226 e. The van der Waals surface area contributed by atoms with Crippen LogP contribution in [0.1, 0.15) is 31.7 Å². The van der Waals surface area contributed by atoms with Crippen LogP contribution in [0.3, 0.4) is 0 Å². The Balaban J connectivity index is 1.75. The molecular formula is C18H25FN2O3. The van der Waals surface area contributed by atoms with Crippen molar-refractivity contribution in [3.63, 3.8) is 0 Å². The lowest BCUT2D eigenvalue weighted by molar-refractivity contribution is -0.132. The monoisotopic (exact) mass is 336 g/mol. The number of nitrogens with zero attached hydrogens (tertiary/aromatic N) is 1. The van der Waals surface area contributed by atoms with E-state index in [0.717, 1.165) is 5.56 Å². The molecule has 1 heterocycles. The summed E-state index contributed by atoms with van der Waals surface area (Å²) in [4.78, 5) is 24.6. The van der Waals surface area contributed by atoms with Crippen LogP contribution in [0.15, 0.2) is 24.3 Å². The number of ether oxygens (including phenoxy) is 1. The van der Waals surface area contributed by atoms with Gasteiger partial charge in [-0.1, -0.05) is 12.1 Å². The predicted octanol–water partition coefficient (Wildman–Crippen LogP) is 1.87. The zero-order valence-electron chi connectivity index (χ0n) is 14.0. The first kappa shape index (κ1) is 18.4. The predicted molar refractivity (Wildman–Crippen MR) is 89.6 cm³/mol. The number of nitrogens with two attached hydrogens (primary N) is 1.